The summed E-state index contributed by atoms with van der Waals surface area (Å²) in [6.45, 7) is 2.07. The minimum absolute atomic E-state index is 0.597. The second kappa shape index (κ2) is 12.1. The smallest absolute Gasteiger partial charge is 0.164 e. The van der Waals surface area contributed by atoms with Crippen molar-refractivity contribution in [3.63, 3.8) is 0 Å². The maximum atomic E-state index is 5.02. The van der Waals surface area contributed by atoms with Crippen LogP contribution in [0.3, 0.4) is 0 Å². The number of hydrogen-bond donors (Lipinski definition) is 2. The minimum Gasteiger partial charge on any atom is -0.324 e. The standard InChI is InChI=1S/C32H18N8.C7H8S.Cu/c1-2-10-18-17(9-1)25-33-26(18)38-28-21-13-5-6-14-22(21)30(35-28)40-32-24-16-8-7-15-23(24)31(36-32)39-29-20-12-4-3-11-19(20)27(34-29)37-25;1-6-2-4-7(8)5-3-6;/h1-16H,(H2,33,34,35,36,37,38,39,40);2-5,8H,1H3;/q;;+1/p-1. The van der Waals surface area contributed by atoms with Gasteiger partial charge in [-0.1, -0.05) is 97.1 Å². The molecule has 2 aliphatic heterocycles. The Kier molecular flexibility index (Phi) is 7.27. The van der Waals surface area contributed by atoms with Gasteiger partial charge in [0.25, 0.3) is 0 Å². The molecular formula is C39H25CuN8S. The van der Waals surface area contributed by atoms with E-state index in [9.17, 15) is 0 Å². The zero-order valence-corrected chi connectivity index (χ0v) is 27.7. The van der Waals surface area contributed by atoms with Crippen LogP contribution in [0.5, 0.6) is 0 Å². The van der Waals surface area contributed by atoms with E-state index in [0.717, 1.165) is 48.7 Å². The SMILES string of the molecule is Cc1ccc([S][Cu])cc1.c1ccc2c(c1)-c1nc-2nc2[nH]c(nc3nc(nc4[nH]c(n1)c1ccccc41)-c1ccccc1-3)c1ccccc21. The number of H-pyrrole nitrogens is 2. The Hall–Kier alpha value is -5.67. The number of nitrogens with one attached hydrogen (secondary N) is 2. The van der Waals surface area contributed by atoms with Gasteiger partial charge >= 0.3 is 66.7 Å². The predicted octanol–water partition coefficient (Wildman–Crippen LogP) is 9.42. The summed E-state index contributed by atoms with van der Waals surface area (Å²) in [6, 6.07) is 40.4. The fraction of sp³-hybridized carbons (Fsp3) is 0.0256. The molecule has 8 aromatic rings. The summed E-state index contributed by atoms with van der Waals surface area (Å²) in [5, 5.41) is 3.82. The first-order valence-corrected chi connectivity index (χ1v) is 17.4. The van der Waals surface area contributed by atoms with E-state index in [2.05, 4.69) is 29.0 Å². The molecule has 0 atom stereocenters. The number of nitrogens with zero attached hydrogens (tertiary/aromatic N) is 6. The summed E-state index contributed by atoms with van der Waals surface area (Å²) in [5.74, 6) is 2.39. The Morgan fingerprint density at radius 2 is 0.714 bits per heavy atom. The molecule has 0 unspecified atom stereocenters. The number of hydrogen-bond acceptors (Lipinski definition) is 7. The summed E-state index contributed by atoms with van der Waals surface area (Å²) < 4.78 is 0. The van der Waals surface area contributed by atoms with Crippen molar-refractivity contribution in [2.75, 3.05) is 0 Å². The molecular weight excluding hydrogens is 676 g/mol. The van der Waals surface area contributed by atoms with Gasteiger partial charge in [0.05, 0.1) is 0 Å². The average Bonchev–Trinajstić information content (AvgIpc) is 3.88. The molecule has 49 heavy (non-hydrogen) atoms. The molecule has 0 saturated carbocycles. The minimum atomic E-state index is 0.597. The normalized spacial score (nSPS) is 11.6. The van der Waals surface area contributed by atoms with Gasteiger partial charge in [0.2, 0.25) is 0 Å². The van der Waals surface area contributed by atoms with Crippen molar-refractivity contribution >= 4 is 54.3 Å². The van der Waals surface area contributed by atoms with Crippen LogP contribution in [-0.4, -0.2) is 39.9 Å². The summed E-state index contributed by atoms with van der Waals surface area (Å²) >= 11 is 4.91. The molecule has 0 saturated heterocycles. The van der Waals surface area contributed by atoms with Crippen LogP contribution in [0, 0.1) is 6.92 Å². The molecule has 3 aromatic heterocycles. The monoisotopic (exact) mass is 700 g/mol. The average molecular weight is 701 g/mol. The Balaban J connectivity index is 0.000000317. The molecule has 10 rings (SSSR count). The van der Waals surface area contributed by atoms with Crippen LogP contribution >= 0.6 is 10.2 Å². The molecule has 8 bridgehead atoms. The predicted molar refractivity (Wildman–Crippen MR) is 193 cm³/mol. The largest absolute Gasteiger partial charge is 0.324 e. The fourth-order valence-corrected chi connectivity index (χ4v) is 6.77. The zero-order chi connectivity index (χ0) is 32.9. The number of benzene rings is 5. The zero-order valence-electron chi connectivity index (χ0n) is 25.9. The van der Waals surface area contributed by atoms with Gasteiger partial charge in [0.1, 0.15) is 22.6 Å². The first-order chi connectivity index (χ1) is 24.1. The van der Waals surface area contributed by atoms with Crippen molar-refractivity contribution in [3.05, 3.63) is 127 Å². The number of fused-ring (bicyclic) bond motifs is 20. The van der Waals surface area contributed by atoms with E-state index in [4.69, 9.17) is 44.8 Å². The van der Waals surface area contributed by atoms with E-state index in [1.807, 2.05) is 109 Å². The van der Waals surface area contributed by atoms with E-state index >= 15 is 0 Å². The Labute approximate surface area is 292 Å². The van der Waals surface area contributed by atoms with E-state index in [0.29, 0.717) is 45.9 Å². The molecule has 5 aromatic carbocycles. The van der Waals surface area contributed by atoms with E-state index < -0.39 is 0 Å². The van der Waals surface area contributed by atoms with Crippen molar-refractivity contribution < 1.29 is 14.9 Å². The third kappa shape index (κ3) is 5.27. The van der Waals surface area contributed by atoms with Gasteiger partial charge in [0.15, 0.2) is 23.3 Å². The first-order valence-electron chi connectivity index (χ1n) is 15.6. The molecule has 10 heteroatoms. The fourth-order valence-electron chi connectivity index (χ4n) is 6.17. The molecule has 238 valence electrons. The van der Waals surface area contributed by atoms with Crippen LogP contribution in [0.25, 0.3) is 89.7 Å². The van der Waals surface area contributed by atoms with Gasteiger partial charge in [-0.3, -0.25) is 0 Å². The molecule has 0 spiro atoms. The van der Waals surface area contributed by atoms with E-state index in [1.165, 1.54) is 15.7 Å². The Morgan fingerprint density at radius 3 is 1.02 bits per heavy atom. The molecule has 0 aliphatic carbocycles. The second-order valence-corrected chi connectivity index (χ2v) is 12.8. The third-order valence-corrected chi connectivity index (χ3v) is 9.63. The quantitative estimate of drug-likeness (QED) is 0.164. The molecule has 2 aliphatic rings. The van der Waals surface area contributed by atoms with Crippen LogP contribution in [0.2, 0.25) is 0 Å². The van der Waals surface area contributed by atoms with Gasteiger partial charge < -0.3 is 9.97 Å². The number of rotatable bonds is 1. The van der Waals surface area contributed by atoms with Crippen molar-refractivity contribution in [2.24, 2.45) is 0 Å². The van der Waals surface area contributed by atoms with Gasteiger partial charge in [0, 0.05) is 43.8 Å². The first kappa shape index (κ1) is 29.5. The Bertz CT molecular complexity index is 2420. The van der Waals surface area contributed by atoms with Crippen LogP contribution in [0.15, 0.2) is 126 Å². The van der Waals surface area contributed by atoms with Gasteiger partial charge in [-0.2, -0.15) is 0 Å². The number of aryl methyl sites for hydroxylation is 1. The second-order valence-electron chi connectivity index (χ2n) is 11.7. The van der Waals surface area contributed by atoms with Crippen LogP contribution < -0.4 is 0 Å². The van der Waals surface area contributed by atoms with Crippen molar-refractivity contribution in [1.29, 1.82) is 0 Å². The molecule has 2 N–H and O–H groups in total. The van der Waals surface area contributed by atoms with Gasteiger partial charge in [-0.25, -0.2) is 29.9 Å². The number of aromatic amines is 2. The Morgan fingerprint density at radius 1 is 0.408 bits per heavy atom. The maximum Gasteiger partial charge on any atom is 0.164 e. The van der Waals surface area contributed by atoms with E-state index in [1.54, 1.807) is 0 Å². The molecule has 0 fully saturated rings. The van der Waals surface area contributed by atoms with Gasteiger partial charge in [-0.05, 0) is 0 Å². The molecule has 0 radical (unpaired) electrons. The summed E-state index contributed by atoms with van der Waals surface area (Å²) in [6.07, 6.45) is 0. The van der Waals surface area contributed by atoms with Crippen LogP contribution in [0.1, 0.15) is 5.56 Å². The summed E-state index contributed by atoms with van der Waals surface area (Å²) in [5.41, 5.74) is 7.73. The molecule has 5 heterocycles. The summed E-state index contributed by atoms with van der Waals surface area (Å²) in [7, 11) is 1.34. The van der Waals surface area contributed by atoms with Crippen molar-refractivity contribution in [2.45, 2.75) is 11.8 Å². The molecule has 8 nitrogen and oxygen atoms in total. The number of aromatic nitrogens is 8. The van der Waals surface area contributed by atoms with Crippen molar-refractivity contribution in [1.82, 2.24) is 39.9 Å². The van der Waals surface area contributed by atoms with Gasteiger partial charge in [-0.15, -0.1) is 0 Å². The van der Waals surface area contributed by atoms with Crippen molar-refractivity contribution in [3.8, 4) is 45.6 Å². The summed E-state index contributed by atoms with van der Waals surface area (Å²) in [4.78, 5) is 37.9. The topological polar surface area (TPSA) is 109 Å². The molecule has 0 amide bonds. The van der Waals surface area contributed by atoms with Crippen LogP contribution in [-0.2, 0) is 14.9 Å². The van der Waals surface area contributed by atoms with Crippen LogP contribution in [0.4, 0.5) is 0 Å². The van der Waals surface area contributed by atoms with E-state index in [-0.39, 0.29) is 0 Å². The third-order valence-electron chi connectivity index (χ3n) is 8.55. The maximum absolute atomic E-state index is 5.02.